The molecule has 0 radical (unpaired) electrons. The minimum atomic E-state index is -0.316. The fraction of sp³-hybridized carbons (Fsp3) is 0.619. The van der Waals surface area contributed by atoms with E-state index in [4.69, 9.17) is 19.9 Å². The van der Waals surface area contributed by atoms with Crippen LogP contribution in [-0.2, 0) is 10.3 Å². The fourth-order valence-corrected chi connectivity index (χ4v) is 4.07. The Hall–Kier alpha value is -2.88. The lowest BCUT2D eigenvalue weighted by Crippen LogP contribution is -2.42. The van der Waals surface area contributed by atoms with Crippen LogP contribution in [0.15, 0.2) is 12.1 Å². The van der Waals surface area contributed by atoms with Gasteiger partial charge in [-0.1, -0.05) is 0 Å². The van der Waals surface area contributed by atoms with E-state index in [-0.39, 0.29) is 23.4 Å². The summed E-state index contributed by atoms with van der Waals surface area (Å²) >= 11 is 0. The highest BCUT2D eigenvalue weighted by Crippen LogP contribution is 2.42. The van der Waals surface area contributed by atoms with Gasteiger partial charge >= 0.3 is 0 Å². The van der Waals surface area contributed by atoms with Crippen molar-refractivity contribution in [1.82, 2.24) is 25.1 Å². The molecule has 1 saturated heterocycles. The number of rotatable bonds is 7. The van der Waals surface area contributed by atoms with Crippen LogP contribution in [0.25, 0.3) is 0 Å². The summed E-state index contributed by atoms with van der Waals surface area (Å²) in [6, 6.07) is 3.58. The minimum Gasteiger partial charge on any atom is -0.493 e. The zero-order chi connectivity index (χ0) is 22.8. The van der Waals surface area contributed by atoms with Gasteiger partial charge in [0.15, 0.2) is 17.3 Å². The zero-order valence-electron chi connectivity index (χ0n) is 19.1. The first-order valence-electron chi connectivity index (χ1n) is 10.3. The third kappa shape index (κ3) is 4.58. The summed E-state index contributed by atoms with van der Waals surface area (Å²) in [5.74, 6) is 1.99. The highest BCUT2D eigenvalue weighted by atomic mass is 16.5. The van der Waals surface area contributed by atoms with Crippen molar-refractivity contribution < 1.29 is 19.0 Å². The molecule has 2 heterocycles. The van der Waals surface area contributed by atoms with Crippen molar-refractivity contribution in [3.8, 4) is 17.2 Å². The van der Waals surface area contributed by atoms with Crippen molar-refractivity contribution in [2.24, 2.45) is 11.7 Å². The molecule has 170 valence electrons. The number of nitrogens with two attached hydrogens (primary N) is 1. The van der Waals surface area contributed by atoms with Crippen LogP contribution in [0.3, 0.4) is 0 Å². The molecular formula is C21H32N6O4. The Morgan fingerprint density at radius 1 is 1.10 bits per heavy atom. The van der Waals surface area contributed by atoms with Gasteiger partial charge in [-0.25, -0.2) is 4.68 Å². The number of carbonyl (C=O) groups excluding carboxylic acids is 1. The molecule has 0 aliphatic carbocycles. The maximum Gasteiger partial charge on any atom is 0.220 e. The van der Waals surface area contributed by atoms with E-state index in [0.29, 0.717) is 49.0 Å². The molecule has 3 rings (SSSR count). The molecule has 31 heavy (non-hydrogen) atoms. The molecule has 0 bridgehead atoms. The lowest BCUT2D eigenvalue weighted by molar-refractivity contribution is -0.123. The summed E-state index contributed by atoms with van der Waals surface area (Å²) in [5.41, 5.74) is 6.14. The Morgan fingerprint density at radius 2 is 1.68 bits per heavy atom. The number of aromatic nitrogens is 4. The van der Waals surface area contributed by atoms with Gasteiger partial charge in [0, 0.05) is 5.92 Å². The van der Waals surface area contributed by atoms with Gasteiger partial charge in [-0.15, -0.1) is 5.10 Å². The first kappa shape index (κ1) is 22.8. The normalized spacial score (nSPS) is 16.7. The number of methoxy groups -OCH3 is 3. The van der Waals surface area contributed by atoms with Gasteiger partial charge in [-0.05, 0) is 74.8 Å². The van der Waals surface area contributed by atoms with Crippen LogP contribution in [0.5, 0.6) is 17.2 Å². The van der Waals surface area contributed by atoms with Crippen LogP contribution >= 0.6 is 0 Å². The Kier molecular flexibility index (Phi) is 6.68. The van der Waals surface area contributed by atoms with Gasteiger partial charge in [0.2, 0.25) is 11.7 Å². The smallest absolute Gasteiger partial charge is 0.220 e. The van der Waals surface area contributed by atoms with E-state index in [1.54, 1.807) is 21.3 Å². The van der Waals surface area contributed by atoms with E-state index in [0.717, 1.165) is 5.56 Å². The summed E-state index contributed by atoms with van der Waals surface area (Å²) in [6.45, 7) is 7.53. The van der Waals surface area contributed by atoms with Crippen molar-refractivity contribution in [3.05, 3.63) is 23.5 Å². The van der Waals surface area contributed by atoms with Gasteiger partial charge in [0.1, 0.15) is 0 Å². The van der Waals surface area contributed by atoms with E-state index in [2.05, 4.69) is 41.2 Å². The molecule has 0 unspecified atom stereocenters. The SMILES string of the molecule is COc1cc([C@H](c2nnnn2C(C)(C)C)N2CCC(C(N)=O)CC2)cc(OC)c1OC. The van der Waals surface area contributed by atoms with Crippen LogP contribution in [0.4, 0.5) is 0 Å². The molecule has 1 aromatic heterocycles. The van der Waals surface area contributed by atoms with Crippen molar-refractivity contribution in [2.75, 3.05) is 34.4 Å². The lowest BCUT2D eigenvalue weighted by Gasteiger charge is -2.37. The van der Waals surface area contributed by atoms with Crippen LogP contribution in [0, 0.1) is 5.92 Å². The number of hydrogen-bond acceptors (Lipinski definition) is 8. The number of hydrogen-bond donors (Lipinski definition) is 1. The summed E-state index contributed by atoms with van der Waals surface area (Å²) in [7, 11) is 4.76. The second-order valence-electron chi connectivity index (χ2n) is 8.69. The van der Waals surface area contributed by atoms with Gasteiger partial charge in [0.05, 0.1) is 32.9 Å². The van der Waals surface area contributed by atoms with Crippen LogP contribution < -0.4 is 19.9 Å². The average molecular weight is 433 g/mol. The van der Waals surface area contributed by atoms with E-state index >= 15 is 0 Å². The second kappa shape index (κ2) is 9.09. The summed E-state index contributed by atoms with van der Waals surface area (Å²) in [6.07, 6.45) is 1.38. The first-order chi connectivity index (χ1) is 14.7. The molecule has 1 fully saturated rings. The van der Waals surface area contributed by atoms with E-state index < -0.39 is 0 Å². The molecular weight excluding hydrogens is 400 g/mol. The van der Waals surface area contributed by atoms with Gasteiger partial charge < -0.3 is 19.9 Å². The highest BCUT2D eigenvalue weighted by molar-refractivity contribution is 5.76. The predicted octanol–water partition coefficient (Wildman–Crippen LogP) is 1.74. The molecule has 1 aromatic carbocycles. The molecule has 10 nitrogen and oxygen atoms in total. The molecule has 0 spiro atoms. The minimum absolute atomic E-state index is 0.115. The summed E-state index contributed by atoms with van der Waals surface area (Å²) in [4.78, 5) is 13.9. The van der Waals surface area contributed by atoms with E-state index in [1.807, 2.05) is 16.8 Å². The quantitative estimate of drug-likeness (QED) is 0.703. The predicted molar refractivity (Wildman–Crippen MR) is 114 cm³/mol. The van der Waals surface area contributed by atoms with Gasteiger partial charge in [-0.3, -0.25) is 9.69 Å². The molecule has 1 amide bonds. The molecule has 1 atom stereocenters. The number of amides is 1. The number of ether oxygens (including phenoxy) is 3. The molecule has 2 aromatic rings. The summed E-state index contributed by atoms with van der Waals surface area (Å²) in [5, 5.41) is 12.6. The monoisotopic (exact) mass is 432 g/mol. The number of nitrogens with zero attached hydrogens (tertiary/aromatic N) is 5. The Balaban J connectivity index is 2.12. The zero-order valence-corrected chi connectivity index (χ0v) is 19.1. The van der Waals surface area contributed by atoms with E-state index in [9.17, 15) is 4.79 Å². The topological polar surface area (TPSA) is 118 Å². The van der Waals surface area contributed by atoms with Crippen molar-refractivity contribution in [1.29, 1.82) is 0 Å². The van der Waals surface area contributed by atoms with Gasteiger partial charge in [0.25, 0.3) is 0 Å². The van der Waals surface area contributed by atoms with Crippen LogP contribution in [0.2, 0.25) is 0 Å². The maximum atomic E-state index is 11.7. The second-order valence-corrected chi connectivity index (χ2v) is 8.69. The lowest BCUT2D eigenvalue weighted by atomic mass is 9.93. The maximum absolute atomic E-state index is 11.7. The van der Waals surface area contributed by atoms with E-state index in [1.165, 1.54) is 0 Å². The number of primary amides is 1. The molecule has 2 N–H and O–H groups in total. The number of likely N-dealkylation sites (tertiary alicyclic amines) is 1. The Labute approximate surface area is 182 Å². The van der Waals surface area contributed by atoms with Crippen molar-refractivity contribution in [3.63, 3.8) is 0 Å². The standard InChI is InChI=1S/C21H32N6O4/c1-21(2,3)27-20(23-24-25-27)17(26-9-7-13(8-10-26)19(22)28)14-11-15(29-4)18(31-6)16(12-14)30-5/h11-13,17H,7-10H2,1-6H3,(H2,22,28)/t17-/m1/s1. The first-order valence-corrected chi connectivity index (χ1v) is 10.3. The largest absolute Gasteiger partial charge is 0.493 e. The van der Waals surface area contributed by atoms with Crippen molar-refractivity contribution >= 4 is 5.91 Å². The fourth-order valence-electron chi connectivity index (χ4n) is 4.07. The van der Waals surface area contributed by atoms with Crippen LogP contribution in [0.1, 0.15) is 51.0 Å². The molecule has 1 aliphatic rings. The van der Waals surface area contributed by atoms with Crippen molar-refractivity contribution in [2.45, 2.75) is 45.2 Å². The van der Waals surface area contributed by atoms with Crippen LogP contribution in [-0.4, -0.2) is 65.4 Å². The molecule has 1 aliphatic heterocycles. The molecule has 10 heteroatoms. The third-order valence-corrected chi connectivity index (χ3v) is 5.67. The Morgan fingerprint density at radius 3 is 2.13 bits per heavy atom. The third-order valence-electron chi connectivity index (χ3n) is 5.67. The molecule has 0 saturated carbocycles. The number of piperidine rings is 1. The number of benzene rings is 1. The number of tetrazole rings is 1. The summed E-state index contributed by atoms with van der Waals surface area (Å²) < 4.78 is 18.5. The highest BCUT2D eigenvalue weighted by Gasteiger charge is 2.35. The Bertz CT molecular complexity index is 890. The van der Waals surface area contributed by atoms with Gasteiger partial charge in [-0.2, -0.15) is 0 Å². The average Bonchev–Trinajstić information content (AvgIpc) is 3.23. The number of carbonyl (C=O) groups is 1.